The number of thioether (sulfide) groups is 1. The van der Waals surface area contributed by atoms with Gasteiger partial charge in [-0.25, -0.2) is 4.98 Å². The van der Waals surface area contributed by atoms with Crippen molar-refractivity contribution in [2.45, 2.75) is 49.6 Å². The van der Waals surface area contributed by atoms with Crippen molar-refractivity contribution in [1.82, 2.24) is 9.55 Å². The van der Waals surface area contributed by atoms with Crippen LogP contribution in [0.25, 0.3) is 16.9 Å². The molecule has 1 spiro atoms. The van der Waals surface area contributed by atoms with Gasteiger partial charge in [-0.05, 0) is 56.0 Å². The molecule has 4 nitrogen and oxygen atoms in total. The Balaban J connectivity index is 1.51. The first-order chi connectivity index (χ1) is 17.9. The zero-order valence-corrected chi connectivity index (χ0v) is 23.1. The number of halogens is 1. The molecule has 3 aromatic carbocycles. The predicted molar refractivity (Wildman–Crippen MR) is 153 cm³/mol. The van der Waals surface area contributed by atoms with E-state index in [2.05, 4.69) is 34.1 Å². The fourth-order valence-corrected chi connectivity index (χ4v) is 7.04. The van der Waals surface area contributed by atoms with Crippen LogP contribution in [0.3, 0.4) is 0 Å². The Labute approximate surface area is 229 Å². The van der Waals surface area contributed by atoms with Gasteiger partial charge in [-0.15, -0.1) is 0 Å². The first-order valence-electron chi connectivity index (χ1n) is 12.7. The van der Waals surface area contributed by atoms with E-state index in [1.54, 1.807) is 4.57 Å². The maximum absolute atomic E-state index is 14.5. The highest BCUT2D eigenvalue weighted by Gasteiger charge is 2.44. The normalized spacial score (nSPS) is 15.4. The highest BCUT2D eigenvalue weighted by Crippen LogP contribution is 2.50. The number of carbonyl (C=O) groups excluding carboxylic acids is 1. The molecule has 2 aliphatic rings. The predicted octanol–water partition coefficient (Wildman–Crippen LogP) is 7.31. The van der Waals surface area contributed by atoms with Gasteiger partial charge in [0.05, 0.1) is 22.7 Å². The molecule has 0 unspecified atom stereocenters. The summed E-state index contributed by atoms with van der Waals surface area (Å²) < 4.78 is 2.67. The average Bonchev–Trinajstić information content (AvgIpc) is 3.36. The molecular formula is C31H27BrN2O2S. The number of aromatic nitrogens is 2. The van der Waals surface area contributed by atoms with Gasteiger partial charge in [-0.1, -0.05) is 94.6 Å². The standard InChI is InChI=1S/C31H27BrN2O2S/c1-20-8-14-24(15-9-20)34-29(36)27-28(25-7-3-2-6-22(25)18-31(27)16-4-5-17-31)33-30(34)37-19-26(35)21-10-12-23(32)13-11-21/h2-3,6-15H,4-5,16-19H2,1H3. The minimum atomic E-state index is -0.170. The van der Waals surface area contributed by atoms with E-state index in [9.17, 15) is 9.59 Å². The van der Waals surface area contributed by atoms with Crippen molar-refractivity contribution in [2.24, 2.45) is 0 Å². The zero-order valence-electron chi connectivity index (χ0n) is 20.7. The van der Waals surface area contributed by atoms with E-state index >= 15 is 0 Å². The second kappa shape index (κ2) is 9.73. The summed E-state index contributed by atoms with van der Waals surface area (Å²) in [5.41, 5.74) is 6.36. The number of hydrogen-bond donors (Lipinski definition) is 0. The van der Waals surface area contributed by atoms with Crippen LogP contribution in [0.15, 0.2) is 87.2 Å². The molecule has 0 aliphatic heterocycles. The van der Waals surface area contributed by atoms with Gasteiger partial charge >= 0.3 is 0 Å². The Morgan fingerprint density at radius 3 is 2.43 bits per heavy atom. The van der Waals surface area contributed by atoms with E-state index < -0.39 is 0 Å². The lowest BCUT2D eigenvalue weighted by molar-refractivity contribution is 0.102. The molecule has 4 aromatic rings. The number of ketones is 1. The van der Waals surface area contributed by atoms with Crippen LogP contribution in [0, 0.1) is 6.92 Å². The van der Waals surface area contributed by atoms with Crippen LogP contribution in [0.5, 0.6) is 0 Å². The van der Waals surface area contributed by atoms with Crippen molar-refractivity contribution >= 4 is 33.5 Å². The van der Waals surface area contributed by atoms with Crippen molar-refractivity contribution in [3.63, 3.8) is 0 Å². The van der Waals surface area contributed by atoms with Crippen LogP contribution < -0.4 is 5.56 Å². The van der Waals surface area contributed by atoms with E-state index in [4.69, 9.17) is 4.98 Å². The van der Waals surface area contributed by atoms with Gasteiger partial charge in [0.25, 0.3) is 5.56 Å². The minimum Gasteiger partial charge on any atom is -0.293 e. The van der Waals surface area contributed by atoms with Crippen LogP contribution in [0.1, 0.15) is 52.7 Å². The number of fused-ring (bicyclic) bond motifs is 4. The van der Waals surface area contributed by atoms with Gasteiger partial charge in [-0.3, -0.25) is 14.2 Å². The monoisotopic (exact) mass is 570 g/mol. The molecule has 1 aromatic heterocycles. The number of aryl methyl sites for hydroxylation is 1. The van der Waals surface area contributed by atoms with Gasteiger partial charge in [0.1, 0.15) is 0 Å². The van der Waals surface area contributed by atoms with E-state index in [0.717, 1.165) is 64.6 Å². The smallest absolute Gasteiger partial charge is 0.263 e. The SMILES string of the molecule is Cc1ccc(-n2c(SCC(=O)c3ccc(Br)cc3)nc3c(c2=O)C2(CCCC2)Cc2ccccc2-3)cc1. The van der Waals surface area contributed by atoms with E-state index in [1.807, 2.05) is 61.5 Å². The fraction of sp³-hybridized carbons (Fsp3) is 0.258. The van der Waals surface area contributed by atoms with Crippen LogP contribution in [0.4, 0.5) is 0 Å². The number of hydrogen-bond acceptors (Lipinski definition) is 4. The Morgan fingerprint density at radius 2 is 1.70 bits per heavy atom. The molecule has 0 radical (unpaired) electrons. The van der Waals surface area contributed by atoms with E-state index in [1.165, 1.54) is 17.3 Å². The summed E-state index contributed by atoms with van der Waals surface area (Å²) in [5.74, 6) is 0.207. The third-order valence-electron chi connectivity index (χ3n) is 7.74. The Bertz CT molecular complexity index is 1550. The van der Waals surface area contributed by atoms with Gasteiger partial charge in [0, 0.05) is 21.0 Å². The zero-order chi connectivity index (χ0) is 25.6. The fourth-order valence-electron chi connectivity index (χ4n) is 5.88. The second-order valence-corrected chi connectivity index (χ2v) is 12.0. The summed E-state index contributed by atoms with van der Waals surface area (Å²) in [7, 11) is 0. The molecule has 0 bridgehead atoms. The average molecular weight is 572 g/mol. The number of rotatable bonds is 5. The molecule has 6 rings (SSSR count). The summed E-state index contributed by atoms with van der Waals surface area (Å²) >= 11 is 4.76. The lowest BCUT2D eigenvalue weighted by atomic mass is 9.68. The van der Waals surface area contributed by atoms with Gasteiger partial charge in [0.15, 0.2) is 10.9 Å². The molecule has 2 aliphatic carbocycles. The third-order valence-corrected chi connectivity index (χ3v) is 9.20. The molecule has 0 atom stereocenters. The highest BCUT2D eigenvalue weighted by atomic mass is 79.9. The lowest BCUT2D eigenvalue weighted by Crippen LogP contribution is -2.40. The van der Waals surface area contributed by atoms with Crippen LogP contribution in [-0.2, 0) is 11.8 Å². The molecular weight excluding hydrogens is 544 g/mol. The molecule has 37 heavy (non-hydrogen) atoms. The second-order valence-electron chi connectivity index (χ2n) is 10.1. The Kier molecular flexibility index (Phi) is 6.41. The molecule has 0 N–H and O–H groups in total. The summed E-state index contributed by atoms with van der Waals surface area (Å²) in [6, 6.07) is 23.7. The summed E-state index contributed by atoms with van der Waals surface area (Å²) in [5, 5.41) is 0.558. The van der Waals surface area contributed by atoms with Crippen molar-refractivity contribution in [2.75, 3.05) is 5.75 Å². The maximum Gasteiger partial charge on any atom is 0.263 e. The lowest BCUT2D eigenvalue weighted by Gasteiger charge is -2.36. The summed E-state index contributed by atoms with van der Waals surface area (Å²) in [6.07, 6.45) is 5.16. The number of Topliss-reactive ketones (excluding diaryl/α,β-unsaturated/α-hetero) is 1. The van der Waals surface area contributed by atoms with Crippen molar-refractivity contribution in [3.8, 4) is 16.9 Å². The molecule has 6 heteroatoms. The number of nitrogens with zero attached hydrogens (tertiary/aromatic N) is 2. The summed E-state index contributed by atoms with van der Waals surface area (Å²) in [4.78, 5) is 32.7. The minimum absolute atomic E-state index is 0.00356. The molecule has 1 fully saturated rings. The van der Waals surface area contributed by atoms with Crippen LogP contribution in [-0.4, -0.2) is 21.1 Å². The summed E-state index contributed by atoms with van der Waals surface area (Å²) in [6.45, 7) is 2.04. The first-order valence-corrected chi connectivity index (χ1v) is 14.5. The van der Waals surface area contributed by atoms with Gasteiger partial charge < -0.3 is 0 Å². The topological polar surface area (TPSA) is 52.0 Å². The van der Waals surface area contributed by atoms with E-state index in [-0.39, 0.29) is 22.5 Å². The number of carbonyl (C=O) groups is 1. The molecule has 0 amide bonds. The largest absolute Gasteiger partial charge is 0.293 e. The third kappa shape index (κ3) is 4.40. The van der Waals surface area contributed by atoms with Crippen molar-refractivity contribution in [1.29, 1.82) is 0 Å². The van der Waals surface area contributed by atoms with Crippen LogP contribution in [0.2, 0.25) is 0 Å². The Hall–Kier alpha value is -2.96. The van der Waals surface area contributed by atoms with E-state index in [0.29, 0.717) is 10.7 Å². The van der Waals surface area contributed by atoms with Crippen molar-refractivity contribution < 1.29 is 4.79 Å². The highest BCUT2D eigenvalue weighted by molar-refractivity contribution is 9.10. The maximum atomic E-state index is 14.5. The quantitative estimate of drug-likeness (QED) is 0.143. The van der Waals surface area contributed by atoms with Crippen LogP contribution >= 0.6 is 27.7 Å². The van der Waals surface area contributed by atoms with Gasteiger partial charge in [-0.2, -0.15) is 0 Å². The molecule has 1 heterocycles. The number of benzene rings is 3. The molecule has 186 valence electrons. The first kappa shape index (κ1) is 24.4. The van der Waals surface area contributed by atoms with Crippen molar-refractivity contribution in [3.05, 3.63) is 110 Å². The Morgan fingerprint density at radius 1 is 1.00 bits per heavy atom. The van der Waals surface area contributed by atoms with Gasteiger partial charge in [0.2, 0.25) is 0 Å². The molecule has 1 saturated carbocycles. The molecule has 0 saturated heterocycles.